The monoisotopic (exact) mass is 305 g/mol. The lowest BCUT2D eigenvalue weighted by molar-refractivity contribution is 0.385. The summed E-state index contributed by atoms with van der Waals surface area (Å²) in [5.74, 6) is 0.228. The zero-order chi connectivity index (χ0) is 14.8. The van der Waals surface area contributed by atoms with Crippen LogP contribution in [0, 0.1) is 0 Å². The summed E-state index contributed by atoms with van der Waals surface area (Å²) in [7, 11) is 0. The average molecular weight is 306 g/mol. The fourth-order valence-corrected chi connectivity index (χ4v) is 2.82. The molecule has 2 aromatic rings. The minimum absolute atomic E-state index is 0.00855. The SMILES string of the molecule is O=c1[nH]c(C2CCCCN2)nc(O)c1-c1cccc(Cl)c1. The fourth-order valence-electron chi connectivity index (χ4n) is 2.63. The van der Waals surface area contributed by atoms with Gasteiger partial charge in [0.2, 0.25) is 5.88 Å². The summed E-state index contributed by atoms with van der Waals surface area (Å²) in [6.45, 7) is 0.894. The number of rotatable bonds is 2. The van der Waals surface area contributed by atoms with Crippen molar-refractivity contribution < 1.29 is 5.11 Å². The summed E-state index contributed by atoms with van der Waals surface area (Å²) < 4.78 is 0. The van der Waals surface area contributed by atoms with Crippen molar-refractivity contribution in [3.63, 3.8) is 0 Å². The third-order valence-corrected chi connectivity index (χ3v) is 3.91. The molecule has 0 aliphatic carbocycles. The van der Waals surface area contributed by atoms with Gasteiger partial charge >= 0.3 is 0 Å². The lowest BCUT2D eigenvalue weighted by atomic mass is 10.0. The van der Waals surface area contributed by atoms with Crippen molar-refractivity contribution in [2.75, 3.05) is 6.54 Å². The molecule has 0 saturated carbocycles. The van der Waals surface area contributed by atoms with Crippen molar-refractivity contribution in [2.24, 2.45) is 0 Å². The number of H-pyrrole nitrogens is 1. The van der Waals surface area contributed by atoms with Crippen LogP contribution in [0.25, 0.3) is 11.1 Å². The second-order valence-electron chi connectivity index (χ2n) is 5.16. The Morgan fingerprint density at radius 1 is 1.33 bits per heavy atom. The number of nitrogens with one attached hydrogen (secondary N) is 2. The van der Waals surface area contributed by atoms with E-state index in [2.05, 4.69) is 15.3 Å². The molecule has 3 rings (SSSR count). The molecule has 0 amide bonds. The van der Waals surface area contributed by atoms with Crippen molar-refractivity contribution in [1.82, 2.24) is 15.3 Å². The number of aromatic amines is 1. The zero-order valence-corrected chi connectivity index (χ0v) is 12.2. The minimum Gasteiger partial charge on any atom is -0.493 e. The molecule has 2 heterocycles. The highest BCUT2D eigenvalue weighted by molar-refractivity contribution is 6.30. The minimum atomic E-state index is -0.354. The number of aromatic nitrogens is 2. The van der Waals surface area contributed by atoms with Crippen LogP contribution < -0.4 is 10.9 Å². The molecule has 1 unspecified atom stereocenters. The lowest BCUT2D eigenvalue weighted by Gasteiger charge is -2.22. The molecule has 21 heavy (non-hydrogen) atoms. The molecule has 110 valence electrons. The lowest BCUT2D eigenvalue weighted by Crippen LogP contribution is -2.30. The third-order valence-electron chi connectivity index (χ3n) is 3.67. The molecule has 3 N–H and O–H groups in total. The molecule has 0 spiro atoms. The van der Waals surface area contributed by atoms with E-state index in [1.54, 1.807) is 24.3 Å². The van der Waals surface area contributed by atoms with Gasteiger partial charge in [0, 0.05) is 5.02 Å². The second kappa shape index (κ2) is 5.87. The Bertz CT molecular complexity index is 708. The molecular weight excluding hydrogens is 290 g/mol. The van der Waals surface area contributed by atoms with Crippen molar-refractivity contribution in [1.29, 1.82) is 0 Å². The number of halogens is 1. The van der Waals surface area contributed by atoms with Crippen LogP contribution in [0.3, 0.4) is 0 Å². The second-order valence-corrected chi connectivity index (χ2v) is 5.60. The smallest absolute Gasteiger partial charge is 0.262 e. The molecule has 0 radical (unpaired) electrons. The van der Waals surface area contributed by atoms with Crippen molar-refractivity contribution in [3.8, 4) is 17.0 Å². The summed E-state index contributed by atoms with van der Waals surface area (Å²) in [5.41, 5.74) is 0.348. The van der Waals surface area contributed by atoms with Gasteiger partial charge in [0.25, 0.3) is 5.56 Å². The normalized spacial score (nSPS) is 18.6. The van der Waals surface area contributed by atoms with Gasteiger partial charge in [-0.3, -0.25) is 4.79 Å². The molecule has 6 heteroatoms. The Hall–Kier alpha value is -1.85. The Morgan fingerprint density at radius 3 is 2.86 bits per heavy atom. The highest BCUT2D eigenvalue weighted by atomic mass is 35.5. The van der Waals surface area contributed by atoms with Gasteiger partial charge in [0.05, 0.1) is 6.04 Å². The van der Waals surface area contributed by atoms with Crippen molar-refractivity contribution >= 4 is 11.6 Å². The van der Waals surface area contributed by atoms with Gasteiger partial charge < -0.3 is 15.4 Å². The van der Waals surface area contributed by atoms with Crippen LogP contribution in [0.5, 0.6) is 5.88 Å². The summed E-state index contributed by atoms with van der Waals surface area (Å²) in [4.78, 5) is 19.2. The van der Waals surface area contributed by atoms with Gasteiger partial charge in [-0.1, -0.05) is 30.2 Å². The summed E-state index contributed by atoms with van der Waals surface area (Å²) in [6, 6.07) is 6.78. The number of hydrogen-bond donors (Lipinski definition) is 3. The van der Waals surface area contributed by atoms with E-state index < -0.39 is 0 Å². The standard InChI is InChI=1S/C15H16ClN3O2/c16-10-5-3-4-9(8-10)12-14(20)18-13(19-15(12)21)11-6-1-2-7-17-11/h3-5,8,11,17H,1-2,6-7H2,(H2,18,19,20,21). The molecule has 5 nitrogen and oxygen atoms in total. The van der Waals surface area contributed by atoms with E-state index in [9.17, 15) is 9.90 Å². The van der Waals surface area contributed by atoms with E-state index in [-0.39, 0.29) is 23.0 Å². The summed E-state index contributed by atoms with van der Waals surface area (Å²) in [5, 5.41) is 13.9. The van der Waals surface area contributed by atoms with Crippen LogP contribution in [0.15, 0.2) is 29.1 Å². The maximum absolute atomic E-state index is 12.3. The molecule has 1 atom stereocenters. The fraction of sp³-hybridized carbons (Fsp3) is 0.333. The molecular formula is C15H16ClN3O2. The molecule has 1 aliphatic heterocycles. The summed E-state index contributed by atoms with van der Waals surface area (Å²) in [6.07, 6.45) is 3.10. The first-order valence-corrected chi connectivity index (χ1v) is 7.35. The van der Waals surface area contributed by atoms with E-state index in [1.165, 1.54) is 0 Å². The molecule has 1 aromatic heterocycles. The maximum Gasteiger partial charge on any atom is 0.262 e. The Morgan fingerprint density at radius 2 is 2.19 bits per heavy atom. The quantitative estimate of drug-likeness (QED) is 0.797. The Balaban J connectivity index is 2.02. The highest BCUT2D eigenvalue weighted by Crippen LogP contribution is 2.27. The van der Waals surface area contributed by atoms with Gasteiger partial charge in [-0.2, -0.15) is 4.98 Å². The number of hydrogen-bond acceptors (Lipinski definition) is 4. The molecule has 0 bridgehead atoms. The first kappa shape index (κ1) is 14.1. The maximum atomic E-state index is 12.3. The molecule has 1 fully saturated rings. The number of benzene rings is 1. The first-order valence-electron chi connectivity index (χ1n) is 6.97. The van der Waals surface area contributed by atoms with E-state index in [4.69, 9.17) is 11.6 Å². The van der Waals surface area contributed by atoms with E-state index in [0.29, 0.717) is 16.4 Å². The summed E-state index contributed by atoms with van der Waals surface area (Å²) >= 11 is 5.93. The predicted molar refractivity (Wildman–Crippen MR) is 81.6 cm³/mol. The van der Waals surface area contributed by atoms with Crippen LogP contribution in [-0.4, -0.2) is 21.6 Å². The van der Waals surface area contributed by atoms with Gasteiger partial charge in [-0.15, -0.1) is 0 Å². The van der Waals surface area contributed by atoms with Crippen LogP contribution in [0.2, 0.25) is 5.02 Å². The predicted octanol–water partition coefficient (Wildman–Crippen LogP) is 2.61. The third kappa shape index (κ3) is 2.94. The zero-order valence-electron chi connectivity index (χ0n) is 11.4. The van der Waals surface area contributed by atoms with E-state index >= 15 is 0 Å². The van der Waals surface area contributed by atoms with Crippen LogP contribution in [-0.2, 0) is 0 Å². The number of aromatic hydroxyl groups is 1. The van der Waals surface area contributed by atoms with E-state index in [0.717, 1.165) is 25.8 Å². The van der Waals surface area contributed by atoms with Crippen LogP contribution >= 0.6 is 11.6 Å². The molecule has 1 aliphatic rings. The van der Waals surface area contributed by atoms with Gasteiger partial charge in [-0.05, 0) is 37.1 Å². The number of nitrogens with zero attached hydrogens (tertiary/aromatic N) is 1. The van der Waals surface area contributed by atoms with Crippen LogP contribution in [0.1, 0.15) is 31.1 Å². The van der Waals surface area contributed by atoms with Crippen molar-refractivity contribution in [2.45, 2.75) is 25.3 Å². The van der Waals surface area contributed by atoms with Crippen LogP contribution in [0.4, 0.5) is 0 Å². The van der Waals surface area contributed by atoms with Gasteiger partial charge in [0.1, 0.15) is 11.4 Å². The first-order chi connectivity index (χ1) is 10.1. The van der Waals surface area contributed by atoms with Gasteiger partial charge in [-0.25, -0.2) is 0 Å². The highest BCUT2D eigenvalue weighted by Gasteiger charge is 2.20. The molecule has 1 saturated heterocycles. The largest absolute Gasteiger partial charge is 0.493 e. The average Bonchev–Trinajstić information content (AvgIpc) is 2.47. The van der Waals surface area contributed by atoms with E-state index in [1.807, 2.05) is 0 Å². The van der Waals surface area contributed by atoms with Crippen molar-refractivity contribution in [3.05, 3.63) is 45.5 Å². The molecule has 1 aromatic carbocycles. The Labute approximate surface area is 127 Å². The number of piperidine rings is 1. The van der Waals surface area contributed by atoms with Gasteiger partial charge in [0.15, 0.2) is 0 Å². The topological polar surface area (TPSA) is 78.0 Å². The Kier molecular flexibility index (Phi) is 3.94.